The van der Waals surface area contributed by atoms with Gasteiger partial charge in [-0.25, -0.2) is 9.18 Å². The maximum Gasteiger partial charge on any atom is 0.328 e. The molecule has 0 bridgehead atoms. The van der Waals surface area contributed by atoms with Crippen LogP contribution in [0.2, 0.25) is 0 Å². The van der Waals surface area contributed by atoms with Crippen LogP contribution in [0, 0.1) is 5.82 Å². The first-order valence-corrected chi connectivity index (χ1v) is 6.90. The highest BCUT2D eigenvalue weighted by molar-refractivity contribution is 7.14. The average Bonchev–Trinajstić information content (AvgIpc) is 2.91. The van der Waals surface area contributed by atoms with Crippen molar-refractivity contribution < 1.29 is 19.1 Å². The van der Waals surface area contributed by atoms with Gasteiger partial charge >= 0.3 is 5.97 Å². The first kappa shape index (κ1) is 14.9. The van der Waals surface area contributed by atoms with E-state index in [1.54, 1.807) is 24.3 Å². The molecule has 2 rings (SSSR count). The zero-order chi connectivity index (χ0) is 15.2. The molecule has 0 unspecified atom stereocenters. The summed E-state index contributed by atoms with van der Waals surface area (Å²) in [7, 11) is 0. The SMILES string of the molecule is O=C(O)C=Cc1ccc(C(=O)NCc2cccc(F)c2)s1. The van der Waals surface area contributed by atoms with E-state index in [0.29, 0.717) is 15.3 Å². The van der Waals surface area contributed by atoms with E-state index in [9.17, 15) is 14.0 Å². The average molecular weight is 305 g/mol. The van der Waals surface area contributed by atoms with Gasteiger partial charge in [-0.2, -0.15) is 0 Å². The molecule has 0 saturated heterocycles. The Morgan fingerprint density at radius 2 is 2.10 bits per heavy atom. The Balaban J connectivity index is 1.96. The Labute approximate surface area is 124 Å². The molecule has 0 saturated carbocycles. The number of thiophene rings is 1. The monoisotopic (exact) mass is 305 g/mol. The topological polar surface area (TPSA) is 66.4 Å². The van der Waals surface area contributed by atoms with Crippen LogP contribution in [0.25, 0.3) is 6.08 Å². The molecule has 0 fully saturated rings. The van der Waals surface area contributed by atoms with Gasteiger partial charge in [0.05, 0.1) is 4.88 Å². The van der Waals surface area contributed by atoms with Gasteiger partial charge in [0, 0.05) is 17.5 Å². The zero-order valence-corrected chi connectivity index (χ0v) is 11.7. The van der Waals surface area contributed by atoms with E-state index < -0.39 is 5.97 Å². The third kappa shape index (κ3) is 4.54. The minimum absolute atomic E-state index is 0.231. The molecule has 21 heavy (non-hydrogen) atoms. The number of carboxylic acids is 1. The third-order valence-corrected chi connectivity index (χ3v) is 3.63. The molecule has 0 aliphatic heterocycles. The molecule has 0 atom stereocenters. The number of halogens is 1. The van der Waals surface area contributed by atoms with E-state index in [1.165, 1.54) is 29.5 Å². The second-order valence-electron chi connectivity index (χ2n) is 4.19. The molecule has 1 aromatic heterocycles. The summed E-state index contributed by atoms with van der Waals surface area (Å²) in [5, 5.41) is 11.2. The maximum atomic E-state index is 13.0. The maximum absolute atomic E-state index is 13.0. The molecule has 0 spiro atoms. The molecule has 1 amide bonds. The van der Waals surface area contributed by atoms with Gasteiger partial charge in [0.25, 0.3) is 5.91 Å². The molecule has 0 aliphatic carbocycles. The molecule has 1 heterocycles. The number of hydrogen-bond donors (Lipinski definition) is 2. The molecule has 2 aromatic rings. The number of rotatable bonds is 5. The van der Waals surface area contributed by atoms with Crippen molar-refractivity contribution in [2.24, 2.45) is 0 Å². The van der Waals surface area contributed by atoms with Crippen LogP contribution < -0.4 is 5.32 Å². The van der Waals surface area contributed by atoms with Crippen LogP contribution in [-0.2, 0) is 11.3 Å². The highest BCUT2D eigenvalue weighted by Crippen LogP contribution is 2.18. The van der Waals surface area contributed by atoms with Crippen molar-refractivity contribution in [3.8, 4) is 0 Å². The highest BCUT2D eigenvalue weighted by Gasteiger charge is 2.08. The summed E-state index contributed by atoms with van der Waals surface area (Å²) in [4.78, 5) is 23.5. The number of hydrogen-bond acceptors (Lipinski definition) is 3. The molecule has 0 radical (unpaired) electrons. The number of nitrogens with one attached hydrogen (secondary N) is 1. The molecule has 6 heteroatoms. The third-order valence-electron chi connectivity index (χ3n) is 2.58. The lowest BCUT2D eigenvalue weighted by molar-refractivity contribution is -0.131. The minimum atomic E-state index is -1.04. The minimum Gasteiger partial charge on any atom is -0.478 e. The Morgan fingerprint density at radius 1 is 1.29 bits per heavy atom. The van der Waals surface area contributed by atoms with Crippen molar-refractivity contribution >= 4 is 29.3 Å². The van der Waals surface area contributed by atoms with Crippen LogP contribution in [-0.4, -0.2) is 17.0 Å². The lowest BCUT2D eigenvalue weighted by Crippen LogP contribution is -2.21. The molecule has 0 aliphatic rings. The fourth-order valence-corrected chi connectivity index (χ4v) is 2.46. The summed E-state index contributed by atoms with van der Waals surface area (Å²) < 4.78 is 13.0. The fraction of sp³-hybridized carbons (Fsp3) is 0.0667. The van der Waals surface area contributed by atoms with Gasteiger partial charge in [0.15, 0.2) is 0 Å². The van der Waals surface area contributed by atoms with Crippen molar-refractivity contribution in [3.05, 3.63) is 63.6 Å². The largest absolute Gasteiger partial charge is 0.478 e. The van der Waals surface area contributed by atoms with Crippen LogP contribution in [0.3, 0.4) is 0 Å². The van der Waals surface area contributed by atoms with Gasteiger partial charge in [-0.1, -0.05) is 12.1 Å². The van der Waals surface area contributed by atoms with Crippen LogP contribution in [0.1, 0.15) is 20.1 Å². The summed E-state index contributed by atoms with van der Waals surface area (Å²) in [6.45, 7) is 0.231. The molecule has 4 nitrogen and oxygen atoms in total. The van der Waals surface area contributed by atoms with Gasteiger partial charge in [-0.3, -0.25) is 4.79 Å². The van der Waals surface area contributed by atoms with Crippen molar-refractivity contribution in [1.82, 2.24) is 5.32 Å². The van der Waals surface area contributed by atoms with Crippen LogP contribution >= 0.6 is 11.3 Å². The Hall–Kier alpha value is -2.47. The second-order valence-corrected chi connectivity index (χ2v) is 5.30. The highest BCUT2D eigenvalue weighted by atomic mass is 32.1. The summed E-state index contributed by atoms with van der Waals surface area (Å²) >= 11 is 1.19. The van der Waals surface area contributed by atoms with Crippen molar-refractivity contribution in [2.75, 3.05) is 0 Å². The van der Waals surface area contributed by atoms with Gasteiger partial charge in [0.1, 0.15) is 5.82 Å². The number of benzene rings is 1. The number of carboxylic acid groups (broad SMARTS) is 1. The lowest BCUT2D eigenvalue weighted by Gasteiger charge is -2.03. The van der Waals surface area contributed by atoms with E-state index in [1.807, 2.05) is 0 Å². The van der Waals surface area contributed by atoms with Crippen molar-refractivity contribution in [3.63, 3.8) is 0 Å². The standard InChI is InChI=1S/C15H12FNO3S/c16-11-3-1-2-10(8-11)9-17-15(20)13-6-4-12(21-13)5-7-14(18)19/h1-8H,9H2,(H,17,20)(H,18,19). The molecular weight excluding hydrogens is 293 g/mol. The Morgan fingerprint density at radius 3 is 2.81 bits per heavy atom. The smallest absolute Gasteiger partial charge is 0.328 e. The predicted octanol–water partition coefficient (Wildman–Crippen LogP) is 2.92. The number of carbonyl (C=O) groups excluding carboxylic acids is 1. The fourth-order valence-electron chi connectivity index (χ4n) is 1.63. The Bertz CT molecular complexity index is 694. The van der Waals surface area contributed by atoms with Crippen LogP contribution in [0.15, 0.2) is 42.5 Å². The molecule has 108 valence electrons. The van der Waals surface area contributed by atoms with Crippen LogP contribution in [0.5, 0.6) is 0 Å². The zero-order valence-electron chi connectivity index (χ0n) is 10.9. The van der Waals surface area contributed by atoms with Gasteiger partial charge < -0.3 is 10.4 Å². The molecular formula is C15H12FNO3S. The van der Waals surface area contributed by atoms with Crippen molar-refractivity contribution in [1.29, 1.82) is 0 Å². The second kappa shape index (κ2) is 6.81. The van der Waals surface area contributed by atoms with E-state index in [-0.39, 0.29) is 18.3 Å². The van der Waals surface area contributed by atoms with Gasteiger partial charge in [-0.15, -0.1) is 11.3 Å². The quantitative estimate of drug-likeness (QED) is 0.835. The summed E-state index contributed by atoms with van der Waals surface area (Å²) in [5.74, 6) is -1.67. The van der Waals surface area contributed by atoms with E-state index >= 15 is 0 Å². The van der Waals surface area contributed by atoms with Gasteiger partial charge in [-0.05, 0) is 35.9 Å². The van der Waals surface area contributed by atoms with Crippen molar-refractivity contribution in [2.45, 2.75) is 6.54 Å². The number of aliphatic carboxylic acids is 1. The summed E-state index contributed by atoms with van der Waals surface area (Å²) in [6, 6.07) is 9.28. The first-order chi connectivity index (χ1) is 10.0. The van der Waals surface area contributed by atoms with Gasteiger partial charge in [0.2, 0.25) is 0 Å². The number of carbonyl (C=O) groups is 2. The number of amides is 1. The van der Waals surface area contributed by atoms with Crippen LogP contribution in [0.4, 0.5) is 4.39 Å². The first-order valence-electron chi connectivity index (χ1n) is 6.08. The van der Waals surface area contributed by atoms with E-state index in [0.717, 1.165) is 6.08 Å². The lowest BCUT2D eigenvalue weighted by atomic mass is 10.2. The molecule has 2 N–H and O–H groups in total. The van der Waals surface area contributed by atoms with E-state index in [2.05, 4.69) is 5.32 Å². The normalized spacial score (nSPS) is 10.7. The predicted molar refractivity (Wildman–Crippen MR) is 78.6 cm³/mol. The summed E-state index contributed by atoms with van der Waals surface area (Å²) in [6.07, 6.45) is 2.44. The van der Waals surface area contributed by atoms with E-state index in [4.69, 9.17) is 5.11 Å². The summed E-state index contributed by atoms with van der Waals surface area (Å²) in [5.41, 5.74) is 0.672. The Kier molecular flexibility index (Phi) is 4.84. The molecule has 1 aromatic carbocycles.